The Labute approximate surface area is 130 Å². The number of benzene rings is 1. The predicted octanol–water partition coefficient (Wildman–Crippen LogP) is 5.13. The van der Waals surface area contributed by atoms with Crippen molar-refractivity contribution in [2.45, 2.75) is 57.7 Å². The van der Waals surface area contributed by atoms with Crippen molar-refractivity contribution >= 4 is 0 Å². The topological polar surface area (TPSA) is 18.5 Å². The molecule has 0 amide bonds. The van der Waals surface area contributed by atoms with E-state index in [2.05, 4.69) is 30.8 Å². The van der Waals surface area contributed by atoms with E-state index in [9.17, 15) is 0 Å². The molecule has 0 N–H and O–H groups in total. The highest BCUT2D eigenvalue weighted by molar-refractivity contribution is 5.14. The molecule has 118 valence electrons. The summed E-state index contributed by atoms with van der Waals surface area (Å²) in [5.41, 5.74) is 1.26. The van der Waals surface area contributed by atoms with E-state index in [-0.39, 0.29) is 6.29 Å². The quantitative estimate of drug-likeness (QED) is 0.285. The van der Waals surface area contributed by atoms with Crippen molar-refractivity contribution in [2.24, 2.45) is 0 Å². The van der Waals surface area contributed by atoms with Crippen molar-refractivity contribution in [3.05, 3.63) is 48.6 Å². The van der Waals surface area contributed by atoms with E-state index in [0.717, 1.165) is 25.9 Å². The number of hydrogen-bond acceptors (Lipinski definition) is 2. The SMILES string of the molecule is C=CCCCCCCCCO[C@@H](Cc1ccccc1)OC. The maximum atomic E-state index is 5.80. The first-order chi connectivity index (χ1) is 10.4. The van der Waals surface area contributed by atoms with Crippen LogP contribution in [0.5, 0.6) is 0 Å². The summed E-state index contributed by atoms with van der Waals surface area (Å²) in [6.07, 6.45) is 11.4. The lowest BCUT2D eigenvalue weighted by Crippen LogP contribution is -2.19. The molecule has 2 heteroatoms. The summed E-state index contributed by atoms with van der Waals surface area (Å²) >= 11 is 0. The number of hydrogen-bond donors (Lipinski definition) is 0. The molecule has 0 bridgehead atoms. The third kappa shape index (κ3) is 9.43. The molecule has 1 rings (SSSR count). The van der Waals surface area contributed by atoms with Gasteiger partial charge in [-0.25, -0.2) is 0 Å². The zero-order valence-corrected chi connectivity index (χ0v) is 13.4. The van der Waals surface area contributed by atoms with Crippen LogP contribution < -0.4 is 0 Å². The van der Waals surface area contributed by atoms with Gasteiger partial charge in [0.25, 0.3) is 0 Å². The number of rotatable bonds is 13. The highest BCUT2D eigenvalue weighted by Gasteiger charge is 2.08. The lowest BCUT2D eigenvalue weighted by atomic mass is 10.1. The zero-order chi connectivity index (χ0) is 15.2. The largest absolute Gasteiger partial charge is 0.356 e. The Bertz CT molecular complexity index is 348. The molecule has 0 unspecified atom stereocenters. The number of ether oxygens (including phenoxy) is 2. The fourth-order valence-electron chi connectivity index (χ4n) is 2.33. The van der Waals surface area contributed by atoms with Crippen LogP contribution >= 0.6 is 0 Å². The highest BCUT2D eigenvalue weighted by Crippen LogP contribution is 2.10. The molecule has 21 heavy (non-hydrogen) atoms. The van der Waals surface area contributed by atoms with Crippen LogP contribution in [0, 0.1) is 0 Å². The molecular formula is C19H30O2. The summed E-state index contributed by atoms with van der Waals surface area (Å²) in [6, 6.07) is 10.3. The molecule has 0 heterocycles. The van der Waals surface area contributed by atoms with Gasteiger partial charge in [0, 0.05) is 20.1 Å². The van der Waals surface area contributed by atoms with Gasteiger partial charge in [0.1, 0.15) is 0 Å². The second-order valence-electron chi connectivity index (χ2n) is 5.42. The summed E-state index contributed by atoms with van der Waals surface area (Å²) in [4.78, 5) is 0. The first-order valence-corrected chi connectivity index (χ1v) is 8.16. The monoisotopic (exact) mass is 290 g/mol. The Morgan fingerprint density at radius 3 is 2.33 bits per heavy atom. The number of allylic oxidation sites excluding steroid dienone is 1. The molecule has 1 aromatic rings. The van der Waals surface area contributed by atoms with Gasteiger partial charge >= 0.3 is 0 Å². The van der Waals surface area contributed by atoms with Gasteiger partial charge in [-0.1, -0.05) is 62.1 Å². The fraction of sp³-hybridized carbons (Fsp3) is 0.579. The summed E-state index contributed by atoms with van der Waals surface area (Å²) in [5, 5.41) is 0. The predicted molar refractivity (Wildman–Crippen MR) is 89.4 cm³/mol. The van der Waals surface area contributed by atoms with Crippen molar-refractivity contribution in [3.8, 4) is 0 Å². The smallest absolute Gasteiger partial charge is 0.161 e. The third-order valence-corrected chi connectivity index (χ3v) is 3.61. The molecule has 0 spiro atoms. The minimum Gasteiger partial charge on any atom is -0.356 e. The molecule has 1 atom stereocenters. The van der Waals surface area contributed by atoms with E-state index >= 15 is 0 Å². The average Bonchev–Trinajstić information content (AvgIpc) is 2.53. The zero-order valence-electron chi connectivity index (χ0n) is 13.4. The van der Waals surface area contributed by atoms with E-state index in [1.807, 2.05) is 12.1 Å². The van der Waals surface area contributed by atoms with Crippen LogP contribution in [0.1, 0.15) is 50.5 Å². The summed E-state index contributed by atoms with van der Waals surface area (Å²) in [5.74, 6) is 0. The third-order valence-electron chi connectivity index (χ3n) is 3.61. The molecular weight excluding hydrogens is 260 g/mol. The van der Waals surface area contributed by atoms with E-state index in [0.29, 0.717) is 0 Å². The van der Waals surface area contributed by atoms with E-state index in [1.54, 1.807) is 7.11 Å². The normalized spacial score (nSPS) is 12.2. The van der Waals surface area contributed by atoms with Crippen LogP contribution in [0.25, 0.3) is 0 Å². The Morgan fingerprint density at radius 2 is 1.67 bits per heavy atom. The van der Waals surface area contributed by atoms with Crippen molar-refractivity contribution in [3.63, 3.8) is 0 Å². The molecule has 0 aromatic heterocycles. The van der Waals surface area contributed by atoms with E-state index in [4.69, 9.17) is 9.47 Å². The van der Waals surface area contributed by atoms with Crippen molar-refractivity contribution in [1.82, 2.24) is 0 Å². The first-order valence-electron chi connectivity index (χ1n) is 8.16. The van der Waals surface area contributed by atoms with Gasteiger partial charge in [-0.05, 0) is 24.8 Å². The van der Waals surface area contributed by atoms with Crippen molar-refractivity contribution < 1.29 is 9.47 Å². The van der Waals surface area contributed by atoms with Gasteiger partial charge < -0.3 is 9.47 Å². The van der Waals surface area contributed by atoms with Crippen LogP contribution in [0.2, 0.25) is 0 Å². The molecule has 2 nitrogen and oxygen atoms in total. The number of unbranched alkanes of at least 4 members (excludes halogenated alkanes) is 6. The van der Waals surface area contributed by atoms with Crippen LogP contribution in [0.15, 0.2) is 43.0 Å². The van der Waals surface area contributed by atoms with Crippen LogP contribution in [0.3, 0.4) is 0 Å². The van der Waals surface area contributed by atoms with Crippen LogP contribution in [0.4, 0.5) is 0 Å². The molecule has 0 aliphatic heterocycles. The van der Waals surface area contributed by atoms with Crippen LogP contribution in [-0.2, 0) is 15.9 Å². The molecule has 0 fully saturated rings. The van der Waals surface area contributed by atoms with E-state index in [1.165, 1.54) is 37.7 Å². The minimum absolute atomic E-state index is 0.125. The molecule has 1 aromatic carbocycles. The Morgan fingerprint density at radius 1 is 1.00 bits per heavy atom. The molecule has 0 saturated heterocycles. The lowest BCUT2D eigenvalue weighted by molar-refractivity contribution is -0.123. The van der Waals surface area contributed by atoms with Gasteiger partial charge in [-0.15, -0.1) is 6.58 Å². The fourth-order valence-corrected chi connectivity index (χ4v) is 2.33. The van der Waals surface area contributed by atoms with Gasteiger partial charge in [-0.2, -0.15) is 0 Å². The Kier molecular flexibility index (Phi) is 10.8. The Balaban J connectivity index is 2.01. The van der Waals surface area contributed by atoms with Gasteiger partial charge in [0.2, 0.25) is 0 Å². The second kappa shape index (κ2) is 12.6. The summed E-state index contributed by atoms with van der Waals surface area (Å²) < 4.78 is 11.2. The van der Waals surface area contributed by atoms with Gasteiger partial charge in [0.15, 0.2) is 6.29 Å². The molecule has 0 saturated carbocycles. The first kappa shape index (κ1) is 17.9. The Hall–Kier alpha value is -1.12. The summed E-state index contributed by atoms with van der Waals surface area (Å²) in [6.45, 7) is 4.53. The minimum atomic E-state index is -0.125. The maximum Gasteiger partial charge on any atom is 0.161 e. The van der Waals surface area contributed by atoms with Gasteiger partial charge in [0.05, 0.1) is 0 Å². The molecule has 0 radical (unpaired) electrons. The maximum absolute atomic E-state index is 5.80. The van der Waals surface area contributed by atoms with Crippen LogP contribution in [-0.4, -0.2) is 20.0 Å². The van der Waals surface area contributed by atoms with E-state index < -0.39 is 0 Å². The molecule has 0 aliphatic carbocycles. The van der Waals surface area contributed by atoms with Gasteiger partial charge in [-0.3, -0.25) is 0 Å². The lowest BCUT2D eigenvalue weighted by Gasteiger charge is -2.16. The standard InChI is InChI=1S/C19H30O2/c1-3-4-5-6-7-8-9-13-16-21-19(20-2)17-18-14-11-10-12-15-18/h3,10-12,14-15,19H,1,4-9,13,16-17H2,2H3/t19-/m0/s1. The molecule has 0 aliphatic rings. The van der Waals surface area contributed by atoms with Crippen molar-refractivity contribution in [1.29, 1.82) is 0 Å². The van der Waals surface area contributed by atoms with Crippen molar-refractivity contribution in [2.75, 3.05) is 13.7 Å². The summed E-state index contributed by atoms with van der Waals surface area (Å²) in [7, 11) is 1.72. The second-order valence-corrected chi connectivity index (χ2v) is 5.42. The number of methoxy groups -OCH3 is 1. The average molecular weight is 290 g/mol. The highest BCUT2D eigenvalue weighted by atomic mass is 16.7.